The van der Waals surface area contributed by atoms with Crippen LogP contribution in [0.2, 0.25) is 0 Å². The Morgan fingerprint density at radius 2 is 1.64 bits per heavy atom. The first-order chi connectivity index (χ1) is 6.70. The fourth-order valence-electron chi connectivity index (χ4n) is 0.933. The fraction of sp³-hybridized carbons (Fsp3) is 0.800. The lowest BCUT2D eigenvalue weighted by Crippen LogP contribution is -2.30. The maximum Gasteiger partial charge on any atom is 0.221 e. The van der Waals surface area contributed by atoms with E-state index in [2.05, 4.69) is 17.6 Å². The number of carbonyl (C=O) groups excluding carboxylic acids is 2. The number of rotatable bonds is 7. The third-order valence-corrected chi connectivity index (χ3v) is 1.85. The lowest BCUT2D eigenvalue weighted by molar-refractivity contribution is -0.122. The molecule has 0 radical (unpaired) electrons. The number of amides is 2. The zero-order valence-corrected chi connectivity index (χ0v) is 9.06. The molecule has 0 heterocycles. The maximum absolute atomic E-state index is 11.1. The molecule has 0 saturated heterocycles. The Bertz CT molecular complexity index is 181. The van der Waals surface area contributed by atoms with Crippen molar-refractivity contribution < 1.29 is 9.59 Å². The van der Waals surface area contributed by atoms with Gasteiger partial charge in [0.05, 0.1) is 0 Å². The van der Waals surface area contributed by atoms with Crippen LogP contribution in [0.4, 0.5) is 0 Å². The number of hydrogen-bond acceptors (Lipinski definition) is 2. The first-order valence-corrected chi connectivity index (χ1v) is 5.24. The quantitative estimate of drug-likeness (QED) is 0.598. The van der Waals surface area contributed by atoms with Crippen molar-refractivity contribution in [1.29, 1.82) is 0 Å². The van der Waals surface area contributed by atoms with Gasteiger partial charge in [-0.2, -0.15) is 0 Å². The van der Waals surface area contributed by atoms with E-state index < -0.39 is 0 Å². The van der Waals surface area contributed by atoms with E-state index in [9.17, 15) is 9.59 Å². The average Bonchev–Trinajstić information content (AvgIpc) is 2.18. The Balaban J connectivity index is 3.31. The SMILES string of the molecule is CCCCNC(=O)CCNC(=O)CC. The van der Waals surface area contributed by atoms with Gasteiger partial charge in [0.25, 0.3) is 0 Å². The lowest BCUT2D eigenvalue weighted by Gasteiger charge is -2.04. The summed E-state index contributed by atoms with van der Waals surface area (Å²) in [7, 11) is 0. The fourth-order valence-corrected chi connectivity index (χ4v) is 0.933. The van der Waals surface area contributed by atoms with Crippen LogP contribution in [0.25, 0.3) is 0 Å². The minimum absolute atomic E-state index is 0.00800. The number of nitrogens with one attached hydrogen (secondary N) is 2. The van der Waals surface area contributed by atoms with Crippen LogP contribution < -0.4 is 10.6 Å². The molecule has 4 heteroatoms. The molecule has 0 atom stereocenters. The molecule has 0 aliphatic carbocycles. The van der Waals surface area contributed by atoms with Crippen molar-refractivity contribution in [3.8, 4) is 0 Å². The Morgan fingerprint density at radius 1 is 1.00 bits per heavy atom. The molecule has 2 amide bonds. The van der Waals surface area contributed by atoms with Crippen molar-refractivity contribution in [2.75, 3.05) is 13.1 Å². The van der Waals surface area contributed by atoms with E-state index in [-0.39, 0.29) is 11.8 Å². The van der Waals surface area contributed by atoms with Crippen molar-refractivity contribution in [3.05, 3.63) is 0 Å². The highest BCUT2D eigenvalue weighted by atomic mass is 16.2. The smallest absolute Gasteiger partial charge is 0.221 e. The molecule has 14 heavy (non-hydrogen) atoms. The average molecular weight is 200 g/mol. The van der Waals surface area contributed by atoms with Crippen LogP contribution in [0.5, 0.6) is 0 Å². The summed E-state index contributed by atoms with van der Waals surface area (Å²) in [6.45, 7) is 5.03. The molecule has 0 fully saturated rings. The summed E-state index contributed by atoms with van der Waals surface area (Å²) in [6, 6.07) is 0. The van der Waals surface area contributed by atoms with Gasteiger partial charge in [0.15, 0.2) is 0 Å². The van der Waals surface area contributed by atoms with E-state index >= 15 is 0 Å². The lowest BCUT2D eigenvalue weighted by atomic mass is 10.3. The Labute approximate surface area is 85.4 Å². The number of hydrogen-bond donors (Lipinski definition) is 2. The Hall–Kier alpha value is -1.06. The molecule has 0 bridgehead atoms. The van der Waals surface area contributed by atoms with Gasteiger partial charge in [-0.05, 0) is 6.42 Å². The second-order valence-corrected chi connectivity index (χ2v) is 3.16. The van der Waals surface area contributed by atoms with Crippen LogP contribution in [0, 0.1) is 0 Å². The third-order valence-electron chi connectivity index (χ3n) is 1.85. The summed E-state index contributed by atoms with van der Waals surface area (Å²) in [5.74, 6) is 0.00112. The van der Waals surface area contributed by atoms with Crippen LogP contribution >= 0.6 is 0 Å². The monoisotopic (exact) mass is 200 g/mol. The molecule has 0 spiro atoms. The molecule has 0 rings (SSSR count). The van der Waals surface area contributed by atoms with Crippen molar-refractivity contribution >= 4 is 11.8 Å². The third kappa shape index (κ3) is 7.58. The molecule has 0 unspecified atom stereocenters. The largest absolute Gasteiger partial charge is 0.356 e. The molecule has 0 aliphatic rings. The van der Waals surface area contributed by atoms with E-state index in [0.717, 1.165) is 19.4 Å². The van der Waals surface area contributed by atoms with E-state index in [4.69, 9.17) is 0 Å². The maximum atomic E-state index is 11.1. The number of carbonyl (C=O) groups is 2. The summed E-state index contributed by atoms with van der Waals surface area (Å²) < 4.78 is 0. The van der Waals surface area contributed by atoms with Crippen molar-refractivity contribution in [1.82, 2.24) is 10.6 Å². The van der Waals surface area contributed by atoms with Gasteiger partial charge in [-0.25, -0.2) is 0 Å². The van der Waals surface area contributed by atoms with Crippen molar-refractivity contribution in [3.63, 3.8) is 0 Å². The van der Waals surface area contributed by atoms with E-state index in [1.807, 2.05) is 0 Å². The van der Waals surface area contributed by atoms with Gasteiger partial charge in [0.1, 0.15) is 0 Å². The van der Waals surface area contributed by atoms with Crippen LogP contribution in [0.15, 0.2) is 0 Å². The van der Waals surface area contributed by atoms with Gasteiger partial charge >= 0.3 is 0 Å². The summed E-state index contributed by atoms with van der Waals surface area (Å²) >= 11 is 0. The molecule has 4 nitrogen and oxygen atoms in total. The van der Waals surface area contributed by atoms with Crippen LogP contribution in [0.3, 0.4) is 0 Å². The molecule has 2 N–H and O–H groups in total. The molecule has 0 aromatic heterocycles. The van der Waals surface area contributed by atoms with Gasteiger partial charge in [0, 0.05) is 25.9 Å². The second-order valence-electron chi connectivity index (χ2n) is 3.16. The minimum atomic E-state index is -0.00800. The first-order valence-electron chi connectivity index (χ1n) is 5.24. The Kier molecular flexibility index (Phi) is 7.89. The summed E-state index contributed by atoms with van der Waals surface area (Å²) in [5, 5.41) is 5.44. The molecule has 0 aromatic carbocycles. The molecule has 0 aliphatic heterocycles. The van der Waals surface area contributed by atoms with Crippen molar-refractivity contribution in [2.24, 2.45) is 0 Å². The predicted octanol–water partition coefficient (Wildman–Crippen LogP) is 0.819. The normalized spacial score (nSPS) is 9.57. The second kappa shape index (κ2) is 8.53. The van der Waals surface area contributed by atoms with E-state index in [1.54, 1.807) is 6.92 Å². The standard InChI is InChI=1S/C10H20N2O2/c1-3-5-7-11-10(14)6-8-12-9(13)4-2/h3-8H2,1-2H3,(H,11,14)(H,12,13). The number of unbranched alkanes of at least 4 members (excludes halogenated alkanes) is 1. The zero-order valence-electron chi connectivity index (χ0n) is 9.06. The predicted molar refractivity (Wildman–Crippen MR) is 55.8 cm³/mol. The van der Waals surface area contributed by atoms with Gasteiger partial charge < -0.3 is 10.6 Å². The molecule has 82 valence electrons. The first kappa shape index (κ1) is 12.9. The van der Waals surface area contributed by atoms with Crippen LogP contribution in [-0.4, -0.2) is 24.9 Å². The van der Waals surface area contributed by atoms with E-state index in [1.165, 1.54) is 0 Å². The summed E-state index contributed by atoms with van der Waals surface area (Å²) in [6.07, 6.45) is 2.92. The molecule has 0 aromatic rings. The summed E-state index contributed by atoms with van der Waals surface area (Å²) in [4.78, 5) is 21.9. The van der Waals surface area contributed by atoms with Crippen LogP contribution in [-0.2, 0) is 9.59 Å². The highest BCUT2D eigenvalue weighted by Crippen LogP contribution is 1.84. The van der Waals surface area contributed by atoms with Crippen molar-refractivity contribution in [2.45, 2.75) is 39.5 Å². The van der Waals surface area contributed by atoms with Gasteiger partial charge in [-0.1, -0.05) is 20.3 Å². The molecular formula is C10H20N2O2. The van der Waals surface area contributed by atoms with Gasteiger partial charge in [-0.3, -0.25) is 9.59 Å². The van der Waals surface area contributed by atoms with Gasteiger partial charge in [0.2, 0.25) is 11.8 Å². The molecular weight excluding hydrogens is 180 g/mol. The highest BCUT2D eigenvalue weighted by Gasteiger charge is 2.01. The van der Waals surface area contributed by atoms with Crippen LogP contribution in [0.1, 0.15) is 39.5 Å². The highest BCUT2D eigenvalue weighted by molar-refractivity contribution is 5.78. The van der Waals surface area contributed by atoms with Gasteiger partial charge in [-0.15, -0.1) is 0 Å². The van der Waals surface area contributed by atoms with E-state index in [0.29, 0.717) is 19.4 Å². The zero-order chi connectivity index (χ0) is 10.8. The minimum Gasteiger partial charge on any atom is -0.356 e. The Morgan fingerprint density at radius 3 is 2.21 bits per heavy atom. The summed E-state index contributed by atoms with van der Waals surface area (Å²) in [5.41, 5.74) is 0. The topological polar surface area (TPSA) is 58.2 Å². The molecule has 0 saturated carbocycles.